The van der Waals surface area contributed by atoms with Crippen molar-refractivity contribution in [3.63, 3.8) is 0 Å². The van der Waals surface area contributed by atoms with Crippen LogP contribution in [0.5, 0.6) is 5.75 Å². The van der Waals surface area contributed by atoms with Gasteiger partial charge in [0.05, 0.1) is 13.0 Å². The van der Waals surface area contributed by atoms with E-state index in [-0.39, 0.29) is 24.6 Å². The maximum atomic E-state index is 12.2. The highest BCUT2D eigenvalue weighted by Gasteiger charge is 2.24. The van der Waals surface area contributed by atoms with Crippen molar-refractivity contribution in [1.29, 1.82) is 0 Å². The fourth-order valence-corrected chi connectivity index (χ4v) is 2.81. The number of benzene rings is 1. The first-order valence-corrected chi connectivity index (χ1v) is 7.81. The van der Waals surface area contributed by atoms with Crippen molar-refractivity contribution in [2.24, 2.45) is 0 Å². The minimum absolute atomic E-state index is 0.0101. The number of alkyl halides is 2. The molecule has 1 heterocycles. The average Bonchev–Trinajstić information content (AvgIpc) is 3.00. The van der Waals surface area contributed by atoms with Crippen LogP contribution < -0.4 is 10.1 Å². The van der Waals surface area contributed by atoms with Gasteiger partial charge in [-0.1, -0.05) is 18.2 Å². The fraction of sp³-hybridized carbons (Fsp3) is 0.312. The monoisotopic (exact) mass is 341 g/mol. The Morgan fingerprint density at radius 1 is 1.39 bits per heavy atom. The number of amides is 1. The number of carbonyl (C=O) groups is 1. The molecule has 2 N–H and O–H groups in total. The number of carbonyl (C=O) groups excluding carboxylic acids is 1. The highest BCUT2D eigenvalue weighted by Crippen LogP contribution is 2.24. The van der Waals surface area contributed by atoms with Crippen molar-refractivity contribution >= 4 is 17.2 Å². The Bertz CT molecular complexity index is 645. The van der Waals surface area contributed by atoms with Crippen LogP contribution in [-0.4, -0.2) is 24.2 Å². The molecule has 2 rings (SSSR count). The van der Waals surface area contributed by atoms with Crippen LogP contribution in [0.3, 0.4) is 0 Å². The van der Waals surface area contributed by atoms with Gasteiger partial charge in [0, 0.05) is 4.88 Å². The molecule has 7 heteroatoms. The van der Waals surface area contributed by atoms with E-state index in [1.807, 2.05) is 11.4 Å². The molecule has 4 nitrogen and oxygen atoms in total. The molecule has 0 aliphatic carbocycles. The molecule has 0 saturated carbocycles. The van der Waals surface area contributed by atoms with Crippen molar-refractivity contribution < 1.29 is 23.4 Å². The summed E-state index contributed by atoms with van der Waals surface area (Å²) in [4.78, 5) is 12.7. The molecule has 2 aromatic rings. The summed E-state index contributed by atoms with van der Waals surface area (Å²) in [5.74, 6) is -0.299. The third kappa shape index (κ3) is 5.30. The number of halogens is 2. The van der Waals surface area contributed by atoms with Crippen LogP contribution in [0, 0.1) is 0 Å². The maximum absolute atomic E-state index is 12.2. The first kappa shape index (κ1) is 17.4. The standard InChI is InChI=1S/C16H17F2NO3S/c1-16(21,13-6-3-7-23-13)10-19-14(20)9-11-4-2-5-12(8-11)22-15(17)18/h2-8,15,21H,9-10H2,1H3,(H,19,20). The van der Waals surface area contributed by atoms with E-state index in [2.05, 4.69) is 10.1 Å². The lowest BCUT2D eigenvalue weighted by atomic mass is 10.0. The van der Waals surface area contributed by atoms with Crippen LogP contribution >= 0.6 is 11.3 Å². The second-order valence-corrected chi connectivity index (χ2v) is 6.18. The molecule has 0 spiro atoms. The molecular formula is C16H17F2NO3S. The SMILES string of the molecule is CC(O)(CNC(=O)Cc1cccc(OC(F)F)c1)c1cccs1. The van der Waals surface area contributed by atoms with E-state index in [4.69, 9.17) is 0 Å². The summed E-state index contributed by atoms with van der Waals surface area (Å²) in [5.41, 5.74) is -0.596. The molecule has 1 aromatic heterocycles. The molecule has 0 bridgehead atoms. The topological polar surface area (TPSA) is 58.6 Å². The number of hydrogen-bond acceptors (Lipinski definition) is 4. The highest BCUT2D eigenvalue weighted by molar-refractivity contribution is 7.10. The van der Waals surface area contributed by atoms with Gasteiger partial charge in [-0.15, -0.1) is 11.3 Å². The molecule has 0 aliphatic heterocycles. The average molecular weight is 341 g/mol. The summed E-state index contributed by atoms with van der Waals surface area (Å²) in [7, 11) is 0. The second-order valence-electron chi connectivity index (χ2n) is 5.23. The summed E-state index contributed by atoms with van der Waals surface area (Å²) in [6.45, 7) is -1.21. The first-order chi connectivity index (χ1) is 10.9. The van der Waals surface area contributed by atoms with Gasteiger partial charge in [-0.3, -0.25) is 4.79 Å². The van der Waals surface area contributed by atoms with E-state index in [1.54, 1.807) is 25.1 Å². The van der Waals surface area contributed by atoms with E-state index < -0.39 is 12.2 Å². The van der Waals surface area contributed by atoms with Crippen molar-refractivity contribution in [2.75, 3.05) is 6.54 Å². The third-order valence-corrected chi connectivity index (χ3v) is 4.29. The number of hydrogen-bond donors (Lipinski definition) is 2. The maximum Gasteiger partial charge on any atom is 0.387 e. The molecule has 1 amide bonds. The highest BCUT2D eigenvalue weighted by atomic mass is 32.1. The van der Waals surface area contributed by atoms with Crippen LogP contribution in [0.1, 0.15) is 17.4 Å². The van der Waals surface area contributed by atoms with Gasteiger partial charge in [-0.05, 0) is 36.1 Å². The minimum atomic E-state index is -2.90. The minimum Gasteiger partial charge on any atom is -0.435 e. The molecular weight excluding hydrogens is 324 g/mol. The van der Waals surface area contributed by atoms with Crippen LogP contribution in [0.15, 0.2) is 41.8 Å². The summed E-state index contributed by atoms with van der Waals surface area (Å²) in [6.07, 6.45) is 0.0148. The summed E-state index contributed by atoms with van der Waals surface area (Å²) < 4.78 is 28.6. The number of rotatable bonds is 7. The second kappa shape index (κ2) is 7.52. The lowest BCUT2D eigenvalue weighted by Crippen LogP contribution is -2.38. The van der Waals surface area contributed by atoms with E-state index in [1.165, 1.54) is 23.5 Å². The molecule has 0 aliphatic rings. The van der Waals surface area contributed by atoms with E-state index in [9.17, 15) is 18.7 Å². The van der Waals surface area contributed by atoms with Crippen LogP contribution in [0.4, 0.5) is 8.78 Å². The summed E-state index contributed by atoms with van der Waals surface area (Å²) in [6, 6.07) is 9.60. The fourth-order valence-electron chi connectivity index (χ4n) is 2.02. The molecule has 124 valence electrons. The Hall–Kier alpha value is -1.99. The zero-order valence-electron chi connectivity index (χ0n) is 12.5. The predicted octanol–water partition coefficient (Wildman–Crippen LogP) is 2.92. The molecule has 0 radical (unpaired) electrons. The van der Waals surface area contributed by atoms with Gasteiger partial charge in [0.15, 0.2) is 0 Å². The first-order valence-electron chi connectivity index (χ1n) is 6.93. The normalized spacial score (nSPS) is 13.6. The lowest BCUT2D eigenvalue weighted by Gasteiger charge is -2.22. The van der Waals surface area contributed by atoms with Crippen molar-refractivity contribution in [3.05, 3.63) is 52.2 Å². The van der Waals surface area contributed by atoms with Crippen LogP contribution in [0.25, 0.3) is 0 Å². The molecule has 0 saturated heterocycles. The van der Waals surface area contributed by atoms with Gasteiger partial charge >= 0.3 is 6.61 Å². The predicted molar refractivity (Wildman–Crippen MR) is 83.7 cm³/mol. The number of aliphatic hydroxyl groups is 1. The van der Waals surface area contributed by atoms with E-state index >= 15 is 0 Å². The Balaban J connectivity index is 1.90. The summed E-state index contributed by atoms with van der Waals surface area (Å²) >= 11 is 1.40. The van der Waals surface area contributed by atoms with Gasteiger partial charge in [0.1, 0.15) is 11.4 Å². The van der Waals surface area contributed by atoms with Crippen LogP contribution in [0.2, 0.25) is 0 Å². The van der Waals surface area contributed by atoms with Gasteiger partial charge < -0.3 is 15.2 Å². The number of thiophene rings is 1. The third-order valence-electron chi connectivity index (χ3n) is 3.17. The molecule has 1 unspecified atom stereocenters. The van der Waals surface area contributed by atoms with E-state index in [0.29, 0.717) is 5.56 Å². The van der Waals surface area contributed by atoms with Crippen LogP contribution in [-0.2, 0) is 16.8 Å². The molecule has 1 aromatic carbocycles. The molecule has 0 fully saturated rings. The zero-order valence-corrected chi connectivity index (χ0v) is 13.3. The molecule has 23 heavy (non-hydrogen) atoms. The summed E-state index contributed by atoms with van der Waals surface area (Å²) in [5, 5.41) is 14.8. The van der Waals surface area contributed by atoms with Gasteiger partial charge in [-0.25, -0.2) is 0 Å². The Labute approximate surface area is 136 Å². The van der Waals surface area contributed by atoms with Crippen molar-refractivity contribution in [1.82, 2.24) is 5.32 Å². The Morgan fingerprint density at radius 3 is 2.83 bits per heavy atom. The lowest BCUT2D eigenvalue weighted by molar-refractivity contribution is -0.121. The van der Waals surface area contributed by atoms with Crippen molar-refractivity contribution in [3.8, 4) is 5.75 Å². The van der Waals surface area contributed by atoms with Gasteiger partial charge in [0.25, 0.3) is 0 Å². The van der Waals surface area contributed by atoms with E-state index in [0.717, 1.165) is 4.88 Å². The Morgan fingerprint density at radius 2 is 2.17 bits per heavy atom. The van der Waals surface area contributed by atoms with Gasteiger partial charge in [-0.2, -0.15) is 8.78 Å². The molecule has 1 atom stereocenters. The number of ether oxygens (including phenoxy) is 1. The van der Waals surface area contributed by atoms with Gasteiger partial charge in [0.2, 0.25) is 5.91 Å². The zero-order chi connectivity index (χ0) is 16.9. The largest absolute Gasteiger partial charge is 0.435 e. The number of nitrogens with one attached hydrogen (secondary N) is 1. The smallest absolute Gasteiger partial charge is 0.387 e. The quantitative estimate of drug-likeness (QED) is 0.814. The van der Waals surface area contributed by atoms with Crippen molar-refractivity contribution in [2.45, 2.75) is 25.6 Å². The Kier molecular flexibility index (Phi) is 5.68.